The molecule has 0 spiro atoms. The molecule has 0 bridgehead atoms. The van der Waals surface area contributed by atoms with Gasteiger partial charge in [0.05, 0.1) is 12.5 Å². The van der Waals surface area contributed by atoms with Crippen LogP contribution in [0.1, 0.15) is 6.92 Å². The molecule has 0 aromatic rings. The van der Waals surface area contributed by atoms with Crippen molar-refractivity contribution < 1.29 is 9.53 Å². The number of hydrogen-bond acceptors (Lipinski definition) is 3. The number of esters is 1. The van der Waals surface area contributed by atoms with Gasteiger partial charge >= 0.3 is 5.97 Å². The van der Waals surface area contributed by atoms with Gasteiger partial charge in [-0.15, -0.1) is 0 Å². The van der Waals surface area contributed by atoms with Crippen LogP contribution in [0.5, 0.6) is 0 Å². The molecule has 0 aromatic carbocycles. The number of carbonyl (C=O) groups excluding carboxylic acids is 1. The molecule has 0 aliphatic carbocycles. The van der Waals surface area contributed by atoms with E-state index >= 15 is 0 Å². The van der Waals surface area contributed by atoms with Crippen LogP contribution < -0.4 is 5.32 Å². The van der Waals surface area contributed by atoms with E-state index in [2.05, 4.69) is 34.8 Å². The zero-order chi connectivity index (χ0) is 8.72. The van der Waals surface area contributed by atoms with Gasteiger partial charge in [-0.3, -0.25) is 4.79 Å². The lowest BCUT2D eigenvalue weighted by molar-refractivity contribution is -0.141. The van der Waals surface area contributed by atoms with E-state index in [1.165, 1.54) is 0 Å². The number of cyclic esters (lactones) is 1. The topological polar surface area (TPSA) is 38.3 Å². The average Bonchev–Trinajstić information content (AvgIpc) is 2.55. The first kappa shape index (κ1) is 8.74. The van der Waals surface area contributed by atoms with Crippen LogP contribution in [0.15, 0.2) is 0 Å². The van der Waals surface area contributed by atoms with Gasteiger partial charge in [0, 0.05) is 22.4 Å². The van der Waals surface area contributed by atoms with Crippen LogP contribution in [0, 0.1) is 11.8 Å². The normalized spacial score (nSPS) is 46.0. The van der Waals surface area contributed by atoms with E-state index < -0.39 is 0 Å². The number of nitrogens with one attached hydrogen (secondary N) is 1. The summed E-state index contributed by atoms with van der Waals surface area (Å²) in [5.41, 5.74) is 0. The summed E-state index contributed by atoms with van der Waals surface area (Å²) in [6.07, 6.45) is 0. The van der Waals surface area contributed by atoms with Crippen LogP contribution in [-0.4, -0.2) is 29.1 Å². The van der Waals surface area contributed by atoms with E-state index in [0.29, 0.717) is 24.6 Å². The molecule has 2 saturated heterocycles. The molecule has 3 nitrogen and oxygen atoms in total. The van der Waals surface area contributed by atoms with Gasteiger partial charge in [-0.25, -0.2) is 0 Å². The molecule has 12 heavy (non-hydrogen) atoms. The van der Waals surface area contributed by atoms with E-state index in [4.69, 9.17) is 4.74 Å². The molecule has 0 amide bonds. The molecule has 2 heterocycles. The molecular weight excluding hydrogens is 269 g/mol. The van der Waals surface area contributed by atoms with Crippen molar-refractivity contribution in [2.24, 2.45) is 11.8 Å². The molecule has 2 fully saturated rings. The van der Waals surface area contributed by atoms with Gasteiger partial charge in [0.1, 0.15) is 0 Å². The Morgan fingerprint density at radius 3 is 3.17 bits per heavy atom. The Morgan fingerprint density at radius 1 is 1.75 bits per heavy atom. The van der Waals surface area contributed by atoms with E-state index in [0.717, 1.165) is 4.43 Å². The molecular formula is C8H12INO2. The fraction of sp³-hybridized carbons (Fsp3) is 0.875. The first-order valence-corrected chi connectivity index (χ1v) is 5.75. The molecule has 4 atom stereocenters. The summed E-state index contributed by atoms with van der Waals surface area (Å²) in [5.74, 6) is 0.529. The molecule has 4 unspecified atom stereocenters. The molecule has 0 radical (unpaired) electrons. The summed E-state index contributed by atoms with van der Waals surface area (Å²) in [5, 5.41) is 3.43. The second-order valence-electron chi connectivity index (χ2n) is 3.54. The maximum absolute atomic E-state index is 11.3. The zero-order valence-corrected chi connectivity index (χ0v) is 9.08. The Balaban J connectivity index is 2.17. The first-order valence-electron chi connectivity index (χ1n) is 4.22. The second kappa shape index (κ2) is 3.14. The van der Waals surface area contributed by atoms with Gasteiger partial charge in [-0.1, -0.05) is 22.6 Å². The Bertz CT molecular complexity index is 209. The maximum Gasteiger partial charge on any atom is 0.310 e. The standard InChI is InChI=1S/C8H12INO2/c1-4-7-5(3-12-8(7)11)6(2-9)10-4/h4-7,10H,2-3H2,1H3. The third-order valence-corrected chi connectivity index (χ3v) is 3.80. The molecule has 0 aromatic heterocycles. The van der Waals surface area contributed by atoms with Crippen molar-refractivity contribution >= 4 is 28.6 Å². The highest BCUT2D eigenvalue weighted by Crippen LogP contribution is 2.34. The number of carbonyl (C=O) groups is 1. The highest BCUT2D eigenvalue weighted by atomic mass is 127. The lowest BCUT2D eigenvalue weighted by atomic mass is 9.91. The van der Waals surface area contributed by atoms with Crippen LogP contribution >= 0.6 is 22.6 Å². The Morgan fingerprint density at radius 2 is 2.50 bits per heavy atom. The highest BCUT2D eigenvalue weighted by molar-refractivity contribution is 14.1. The molecule has 2 aliphatic rings. The number of alkyl halides is 1. The number of ether oxygens (including phenoxy) is 1. The first-order chi connectivity index (χ1) is 5.74. The lowest BCUT2D eigenvalue weighted by Gasteiger charge is -2.12. The molecule has 2 rings (SSSR count). The monoisotopic (exact) mass is 281 g/mol. The quantitative estimate of drug-likeness (QED) is 0.434. The fourth-order valence-electron chi connectivity index (χ4n) is 2.22. The second-order valence-corrected chi connectivity index (χ2v) is 4.42. The van der Waals surface area contributed by atoms with E-state index in [1.807, 2.05) is 0 Å². The van der Waals surface area contributed by atoms with Crippen molar-refractivity contribution in [2.75, 3.05) is 11.0 Å². The zero-order valence-electron chi connectivity index (χ0n) is 6.92. The minimum absolute atomic E-state index is 0.00708. The summed E-state index contributed by atoms with van der Waals surface area (Å²) in [4.78, 5) is 11.3. The predicted octanol–water partition coefficient (Wildman–Crippen LogP) is 0.571. The van der Waals surface area contributed by atoms with Crippen LogP contribution in [-0.2, 0) is 9.53 Å². The summed E-state index contributed by atoms with van der Waals surface area (Å²) in [7, 11) is 0. The Hall–Kier alpha value is 0.160. The van der Waals surface area contributed by atoms with Crippen molar-refractivity contribution in [3.63, 3.8) is 0 Å². The van der Waals surface area contributed by atoms with E-state index in [1.54, 1.807) is 0 Å². The minimum Gasteiger partial charge on any atom is -0.465 e. The average molecular weight is 281 g/mol. The van der Waals surface area contributed by atoms with Crippen molar-refractivity contribution in [1.82, 2.24) is 5.32 Å². The summed E-state index contributed by atoms with van der Waals surface area (Å²) in [6, 6.07) is 0.766. The minimum atomic E-state index is -0.00708. The maximum atomic E-state index is 11.3. The number of halogens is 1. The molecule has 1 N–H and O–H groups in total. The predicted molar refractivity (Wildman–Crippen MR) is 53.2 cm³/mol. The SMILES string of the molecule is CC1NC(CI)C2COC(=O)C12. The summed E-state index contributed by atoms with van der Waals surface area (Å²) < 4.78 is 6.10. The van der Waals surface area contributed by atoms with Crippen LogP contribution in [0.25, 0.3) is 0 Å². The third kappa shape index (κ3) is 1.16. The van der Waals surface area contributed by atoms with Gasteiger partial charge in [-0.05, 0) is 6.92 Å². The van der Waals surface area contributed by atoms with E-state index in [9.17, 15) is 4.79 Å². The van der Waals surface area contributed by atoms with Gasteiger partial charge in [0.25, 0.3) is 0 Å². The van der Waals surface area contributed by atoms with Gasteiger partial charge < -0.3 is 10.1 Å². The van der Waals surface area contributed by atoms with Gasteiger partial charge in [-0.2, -0.15) is 0 Å². The smallest absolute Gasteiger partial charge is 0.310 e. The van der Waals surface area contributed by atoms with Gasteiger partial charge in [0.15, 0.2) is 0 Å². The van der Waals surface area contributed by atoms with Gasteiger partial charge in [0.2, 0.25) is 0 Å². The molecule has 68 valence electrons. The van der Waals surface area contributed by atoms with Crippen LogP contribution in [0.4, 0.5) is 0 Å². The van der Waals surface area contributed by atoms with Crippen molar-refractivity contribution in [3.05, 3.63) is 0 Å². The fourth-order valence-corrected chi connectivity index (χ4v) is 3.13. The largest absolute Gasteiger partial charge is 0.465 e. The third-order valence-electron chi connectivity index (χ3n) is 2.85. The van der Waals surface area contributed by atoms with Crippen molar-refractivity contribution in [2.45, 2.75) is 19.0 Å². The summed E-state index contributed by atoms with van der Waals surface area (Å²) in [6.45, 7) is 2.69. The van der Waals surface area contributed by atoms with E-state index in [-0.39, 0.29) is 11.9 Å². The van der Waals surface area contributed by atoms with Crippen molar-refractivity contribution in [1.29, 1.82) is 0 Å². The number of hydrogen-bond donors (Lipinski definition) is 1. The van der Waals surface area contributed by atoms with Crippen LogP contribution in [0.2, 0.25) is 0 Å². The molecule has 4 heteroatoms. The van der Waals surface area contributed by atoms with Crippen molar-refractivity contribution in [3.8, 4) is 0 Å². The Labute approximate surface area is 85.4 Å². The Kier molecular flexibility index (Phi) is 2.29. The lowest BCUT2D eigenvalue weighted by Crippen LogP contribution is -2.33. The van der Waals surface area contributed by atoms with Crippen LogP contribution in [0.3, 0.4) is 0 Å². The summed E-state index contributed by atoms with van der Waals surface area (Å²) >= 11 is 2.35. The number of rotatable bonds is 1. The number of fused-ring (bicyclic) bond motifs is 1. The molecule has 0 saturated carbocycles. The highest BCUT2D eigenvalue weighted by Gasteiger charge is 2.49. The molecule has 2 aliphatic heterocycles.